The summed E-state index contributed by atoms with van der Waals surface area (Å²) in [5.41, 5.74) is 0. The van der Waals surface area contributed by atoms with E-state index >= 15 is 0 Å². The zero-order valence-corrected chi connectivity index (χ0v) is 11.1. The van der Waals surface area contributed by atoms with Crippen molar-refractivity contribution < 1.29 is 9.84 Å². The van der Waals surface area contributed by atoms with Crippen LogP contribution < -0.4 is 0 Å². The predicted octanol–water partition coefficient (Wildman–Crippen LogP) is 2.11. The Morgan fingerprint density at radius 1 is 1.39 bits per heavy atom. The van der Waals surface area contributed by atoms with Crippen molar-refractivity contribution >= 4 is 0 Å². The van der Waals surface area contributed by atoms with Crippen molar-refractivity contribution in [3.8, 4) is 0 Å². The Morgan fingerprint density at radius 2 is 2.17 bits per heavy atom. The molecule has 3 nitrogen and oxygen atoms in total. The van der Waals surface area contributed by atoms with Crippen LogP contribution in [0.1, 0.15) is 19.8 Å². The molecule has 2 aliphatic rings. The first-order valence-corrected chi connectivity index (χ1v) is 6.84. The van der Waals surface area contributed by atoms with Crippen LogP contribution in [0.15, 0.2) is 36.1 Å². The fraction of sp³-hybridized carbons (Fsp3) is 0.600. The second kappa shape index (κ2) is 6.76. The van der Waals surface area contributed by atoms with E-state index < -0.39 is 6.10 Å². The predicted molar refractivity (Wildman–Crippen MR) is 73.2 cm³/mol. The third-order valence-corrected chi connectivity index (χ3v) is 3.35. The normalized spacial score (nSPS) is 25.9. The minimum atomic E-state index is -0.401. The molecule has 18 heavy (non-hydrogen) atoms. The van der Waals surface area contributed by atoms with Gasteiger partial charge in [-0.1, -0.05) is 25.2 Å². The van der Waals surface area contributed by atoms with Crippen LogP contribution in [0.25, 0.3) is 0 Å². The van der Waals surface area contributed by atoms with Crippen molar-refractivity contribution in [3.63, 3.8) is 0 Å². The van der Waals surface area contributed by atoms with Gasteiger partial charge in [0.05, 0.1) is 0 Å². The van der Waals surface area contributed by atoms with E-state index in [2.05, 4.69) is 24.0 Å². The molecule has 1 fully saturated rings. The molecule has 2 atom stereocenters. The zero-order valence-electron chi connectivity index (χ0n) is 11.1. The summed E-state index contributed by atoms with van der Waals surface area (Å²) in [7, 11) is 0. The molecule has 0 spiro atoms. The highest BCUT2D eigenvalue weighted by Gasteiger charge is 2.16. The monoisotopic (exact) mass is 249 g/mol. The summed E-state index contributed by atoms with van der Waals surface area (Å²) >= 11 is 0. The molecule has 1 saturated heterocycles. The molecule has 1 aliphatic carbocycles. The molecule has 1 aliphatic heterocycles. The molecule has 0 bridgehead atoms. The molecule has 100 valence electrons. The maximum atomic E-state index is 9.93. The highest BCUT2D eigenvalue weighted by atomic mass is 16.5. The summed E-state index contributed by atoms with van der Waals surface area (Å²) in [6.07, 6.45) is 12.3. The van der Waals surface area contributed by atoms with Crippen molar-refractivity contribution in [3.05, 3.63) is 36.1 Å². The number of aliphatic hydroxyl groups excluding tert-OH is 1. The molecular weight excluding hydrogens is 226 g/mol. The van der Waals surface area contributed by atoms with Gasteiger partial charge >= 0.3 is 0 Å². The van der Waals surface area contributed by atoms with E-state index in [4.69, 9.17) is 4.74 Å². The Morgan fingerprint density at radius 3 is 2.94 bits per heavy atom. The molecule has 1 heterocycles. The Balaban J connectivity index is 1.72. The van der Waals surface area contributed by atoms with Crippen LogP contribution in [0.4, 0.5) is 0 Å². The number of hydrogen-bond acceptors (Lipinski definition) is 3. The quantitative estimate of drug-likeness (QED) is 0.810. The second-order valence-corrected chi connectivity index (χ2v) is 5.14. The number of allylic oxidation sites excluding steroid dienone is 5. The number of likely N-dealkylation sites (tertiary alicyclic amines) is 1. The average molecular weight is 249 g/mol. The maximum absolute atomic E-state index is 9.93. The summed E-state index contributed by atoms with van der Waals surface area (Å²) in [5, 5.41) is 9.93. The van der Waals surface area contributed by atoms with Gasteiger partial charge in [0.1, 0.15) is 18.5 Å². The van der Waals surface area contributed by atoms with Gasteiger partial charge in [-0.25, -0.2) is 0 Å². The van der Waals surface area contributed by atoms with Crippen LogP contribution >= 0.6 is 0 Å². The molecule has 0 aromatic rings. The van der Waals surface area contributed by atoms with Crippen LogP contribution in [0.5, 0.6) is 0 Å². The summed E-state index contributed by atoms with van der Waals surface area (Å²) in [4.78, 5) is 2.30. The molecule has 2 unspecified atom stereocenters. The Labute approximate surface area is 109 Å². The lowest BCUT2D eigenvalue weighted by Crippen LogP contribution is -2.32. The van der Waals surface area contributed by atoms with Crippen molar-refractivity contribution in [2.75, 3.05) is 26.2 Å². The van der Waals surface area contributed by atoms with Gasteiger partial charge in [-0.2, -0.15) is 0 Å². The van der Waals surface area contributed by atoms with E-state index in [0.29, 0.717) is 12.5 Å². The minimum Gasteiger partial charge on any atom is -0.491 e. The Kier molecular flexibility index (Phi) is 5.02. The molecule has 3 heteroatoms. The number of aliphatic hydroxyl groups is 1. The van der Waals surface area contributed by atoms with Gasteiger partial charge in [0.25, 0.3) is 0 Å². The first-order valence-electron chi connectivity index (χ1n) is 6.84. The number of ether oxygens (including phenoxy) is 1. The van der Waals surface area contributed by atoms with Gasteiger partial charge in [-0.05, 0) is 44.0 Å². The average Bonchev–Trinajstić information content (AvgIpc) is 2.76. The van der Waals surface area contributed by atoms with E-state index in [1.165, 1.54) is 12.8 Å². The number of nitrogens with zero attached hydrogens (tertiary/aromatic N) is 1. The molecule has 0 amide bonds. The van der Waals surface area contributed by atoms with Crippen molar-refractivity contribution in [2.45, 2.75) is 25.9 Å². The van der Waals surface area contributed by atoms with Gasteiger partial charge in [-0.3, -0.25) is 0 Å². The lowest BCUT2D eigenvalue weighted by molar-refractivity contribution is 0.0516. The van der Waals surface area contributed by atoms with Crippen LogP contribution in [0.3, 0.4) is 0 Å². The van der Waals surface area contributed by atoms with E-state index in [1.54, 1.807) is 0 Å². The van der Waals surface area contributed by atoms with Crippen LogP contribution in [0, 0.1) is 5.92 Å². The smallest absolute Gasteiger partial charge is 0.119 e. The lowest BCUT2D eigenvalue weighted by Gasteiger charge is -2.19. The molecule has 0 aromatic carbocycles. The molecule has 0 radical (unpaired) electrons. The number of rotatable bonds is 5. The molecule has 0 saturated carbocycles. The third-order valence-electron chi connectivity index (χ3n) is 3.35. The van der Waals surface area contributed by atoms with Gasteiger partial charge in [0.15, 0.2) is 0 Å². The molecule has 2 rings (SSSR count). The number of hydrogen-bond donors (Lipinski definition) is 1. The number of β-amino-alcohol motifs (C(OH)–C–C–N with tert-alkyl or cyclic N) is 1. The van der Waals surface area contributed by atoms with E-state index in [1.807, 2.05) is 18.2 Å². The topological polar surface area (TPSA) is 32.7 Å². The summed E-state index contributed by atoms with van der Waals surface area (Å²) in [6.45, 7) is 5.45. The lowest BCUT2D eigenvalue weighted by atomic mass is 10.2. The van der Waals surface area contributed by atoms with Crippen molar-refractivity contribution in [1.29, 1.82) is 0 Å². The highest BCUT2D eigenvalue weighted by Crippen LogP contribution is 2.12. The Hall–Kier alpha value is -1.06. The summed E-state index contributed by atoms with van der Waals surface area (Å²) < 4.78 is 5.63. The van der Waals surface area contributed by atoms with Crippen LogP contribution in [-0.4, -0.2) is 42.4 Å². The second-order valence-electron chi connectivity index (χ2n) is 5.14. The fourth-order valence-electron chi connectivity index (χ4n) is 2.30. The molecule has 0 aromatic heterocycles. The highest BCUT2D eigenvalue weighted by molar-refractivity contribution is 5.24. The zero-order chi connectivity index (χ0) is 12.8. The van der Waals surface area contributed by atoms with Gasteiger partial charge in [0, 0.05) is 6.54 Å². The van der Waals surface area contributed by atoms with Crippen molar-refractivity contribution in [1.82, 2.24) is 4.90 Å². The standard InChI is InChI=1S/C15H23NO2/c1-13-5-4-6-15(8-7-13)18-12-14(17)11-16-9-2-3-10-16/h4-8,13-14,17H,2-3,9-12H2,1H3. The van der Waals surface area contributed by atoms with E-state index in [0.717, 1.165) is 25.4 Å². The van der Waals surface area contributed by atoms with E-state index in [9.17, 15) is 5.11 Å². The van der Waals surface area contributed by atoms with Crippen molar-refractivity contribution in [2.24, 2.45) is 5.92 Å². The fourth-order valence-corrected chi connectivity index (χ4v) is 2.30. The molecule has 1 N–H and O–H groups in total. The first kappa shape index (κ1) is 13.4. The maximum Gasteiger partial charge on any atom is 0.119 e. The van der Waals surface area contributed by atoms with E-state index in [-0.39, 0.29) is 0 Å². The Bertz CT molecular complexity index is 340. The SMILES string of the molecule is CC1C=CC=C(OCC(O)CN2CCCC2)C=C1. The van der Waals surface area contributed by atoms with Crippen LogP contribution in [0.2, 0.25) is 0 Å². The van der Waals surface area contributed by atoms with Crippen LogP contribution in [-0.2, 0) is 4.74 Å². The van der Waals surface area contributed by atoms with Gasteiger partial charge in [0.2, 0.25) is 0 Å². The van der Waals surface area contributed by atoms with Gasteiger partial charge in [-0.15, -0.1) is 0 Å². The van der Waals surface area contributed by atoms with Gasteiger partial charge < -0.3 is 14.7 Å². The summed E-state index contributed by atoms with van der Waals surface area (Å²) in [6, 6.07) is 0. The molecular formula is C15H23NO2. The third kappa shape index (κ3) is 4.31. The first-order chi connectivity index (χ1) is 8.74. The largest absolute Gasteiger partial charge is 0.491 e. The minimum absolute atomic E-state index is 0.370. The summed E-state index contributed by atoms with van der Waals surface area (Å²) in [5.74, 6) is 1.27.